The van der Waals surface area contributed by atoms with Crippen LogP contribution < -0.4 is 0 Å². The van der Waals surface area contributed by atoms with E-state index in [9.17, 15) is 14.4 Å². The van der Waals surface area contributed by atoms with Crippen molar-refractivity contribution in [3.8, 4) is 0 Å². The van der Waals surface area contributed by atoms with Gasteiger partial charge >= 0.3 is 17.9 Å². The van der Waals surface area contributed by atoms with E-state index in [2.05, 4.69) is 20.8 Å². The molecule has 0 saturated carbocycles. The van der Waals surface area contributed by atoms with E-state index in [0.717, 1.165) is 64.2 Å². The maximum absolute atomic E-state index is 12.5. The third-order valence-electron chi connectivity index (χ3n) is 10.1. The van der Waals surface area contributed by atoms with Gasteiger partial charge in [0.2, 0.25) is 0 Å². The number of carbonyl (C=O) groups is 3. The Morgan fingerprint density at radius 1 is 0.314 bits per heavy atom. The summed E-state index contributed by atoms with van der Waals surface area (Å²) in [7, 11) is 0. The second kappa shape index (κ2) is 41.2. The molecule has 6 nitrogen and oxygen atoms in total. The van der Waals surface area contributed by atoms with E-state index in [4.69, 9.17) is 14.2 Å². The van der Waals surface area contributed by atoms with E-state index in [1.807, 2.05) is 0 Å². The summed E-state index contributed by atoms with van der Waals surface area (Å²) >= 11 is 0. The second-order valence-corrected chi connectivity index (χ2v) is 15.3. The number of carbonyl (C=O) groups excluding carboxylic acids is 3. The smallest absolute Gasteiger partial charge is 0.306 e. The van der Waals surface area contributed by atoms with Gasteiger partial charge in [-0.2, -0.15) is 0 Å². The molecule has 6 heteroatoms. The zero-order valence-electron chi connectivity index (χ0n) is 34.4. The van der Waals surface area contributed by atoms with Gasteiger partial charge in [-0.3, -0.25) is 14.4 Å². The number of esters is 3. The van der Waals surface area contributed by atoms with Crippen molar-refractivity contribution in [3.63, 3.8) is 0 Å². The van der Waals surface area contributed by atoms with Crippen molar-refractivity contribution in [2.24, 2.45) is 0 Å². The molecule has 0 rings (SSSR count). The van der Waals surface area contributed by atoms with Crippen LogP contribution in [0.1, 0.15) is 252 Å². The van der Waals surface area contributed by atoms with Crippen molar-refractivity contribution in [1.82, 2.24) is 0 Å². The van der Waals surface area contributed by atoms with Crippen molar-refractivity contribution >= 4 is 17.9 Å². The summed E-state index contributed by atoms with van der Waals surface area (Å²) in [5.74, 6) is -0.867. The second-order valence-electron chi connectivity index (χ2n) is 15.3. The molecule has 1 atom stereocenters. The molecule has 0 aliphatic rings. The molecule has 0 bridgehead atoms. The molecule has 0 aromatic carbocycles. The van der Waals surface area contributed by atoms with Crippen molar-refractivity contribution in [2.45, 2.75) is 258 Å². The maximum Gasteiger partial charge on any atom is 0.306 e. The summed E-state index contributed by atoms with van der Waals surface area (Å²) in [6.07, 6.45) is 41.1. The first-order valence-corrected chi connectivity index (χ1v) is 22.5. The lowest BCUT2D eigenvalue weighted by Crippen LogP contribution is -2.30. The Labute approximate surface area is 317 Å². The van der Waals surface area contributed by atoms with Crippen molar-refractivity contribution in [2.75, 3.05) is 13.2 Å². The Morgan fingerprint density at radius 2 is 0.529 bits per heavy atom. The molecule has 0 aromatic rings. The molecule has 0 heterocycles. The van der Waals surface area contributed by atoms with Gasteiger partial charge < -0.3 is 14.2 Å². The molecule has 0 fully saturated rings. The van der Waals surface area contributed by atoms with Gasteiger partial charge in [-0.15, -0.1) is 0 Å². The topological polar surface area (TPSA) is 78.9 Å². The normalized spacial score (nSPS) is 11.8. The van der Waals surface area contributed by atoms with Gasteiger partial charge in [0, 0.05) is 19.3 Å². The Kier molecular flexibility index (Phi) is 39.9. The molecule has 0 unspecified atom stereocenters. The molecule has 0 saturated heterocycles. The minimum Gasteiger partial charge on any atom is -0.462 e. The Balaban J connectivity index is 4.12. The summed E-state index contributed by atoms with van der Waals surface area (Å²) in [6.45, 7) is 6.57. The van der Waals surface area contributed by atoms with Crippen molar-refractivity contribution < 1.29 is 28.6 Å². The fraction of sp³-hybridized carbons (Fsp3) is 0.933. The SMILES string of the molecule is CCCCCCCCCCCCCCCCCCC(=O)OC[C@H](COC(=O)CCCCCCCCCCCCCC)OC(=O)CCCCCCC. The van der Waals surface area contributed by atoms with Gasteiger partial charge in [-0.1, -0.05) is 213 Å². The van der Waals surface area contributed by atoms with Gasteiger partial charge in [-0.05, 0) is 19.3 Å². The van der Waals surface area contributed by atoms with E-state index in [-0.39, 0.29) is 31.1 Å². The quantitative estimate of drug-likeness (QED) is 0.0355. The summed E-state index contributed by atoms with van der Waals surface area (Å²) in [5, 5.41) is 0. The van der Waals surface area contributed by atoms with Crippen LogP contribution in [0.5, 0.6) is 0 Å². The molecule has 0 aliphatic carbocycles. The highest BCUT2D eigenvalue weighted by atomic mass is 16.6. The third-order valence-corrected chi connectivity index (χ3v) is 10.1. The summed E-state index contributed by atoms with van der Waals surface area (Å²) in [6, 6.07) is 0. The van der Waals surface area contributed by atoms with Gasteiger partial charge in [0.15, 0.2) is 6.10 Å². The van der Waals surface area contributed by atoms with Crippen LogP contribution in [0.2, 0.25) is 0 Å². The van der Waals surface area contributed by atoms with Crippen LogP contribution in [0.4, 0.5) is 0 Å². The van der Waals surface area contributed by atoms with Crippen LogP contribution in [0.3, 0.4) is 0 Å². The predicted molar refractivity (Wildman–Crippen MR) is 215 cm³/mol. The molecular formula is C45H86O6. The van der Waals surface area contributed by atoms with Crippen molar-refractivity contribution in [1.29, 1.82) is 0 Å². The molecule has 0 spiro atoms. The predicted octanol–water partition coefficient (Wildman–Crippen LogP) is 14.1. The first-order chi connectivity index (χ1) is 25.0. The van der Waals surface area contributed by atoms with Crippen molar-refractivity contribution in [3.05, 3.63) is 0 Å². The molecule has 0 amide bonds. The molecule has 302 valence electrons. The third kappa shape index (κ3) is 39.5. The lowest BCUT2D eigenvalue weighted by Gasteiger charge is -2.18. The Bertz CT molecular complexity index is 753. The fourth-order valence-corrected chi connectivity index (χ4v) is 6.68. The maximum atomic E-state index is 12.5. The van der Waals surface area contributed by atoms with E-state index in [0.29, 0.717) is 19.3 Å². The van der Waals surface area contributed by atoms with E-state index in [1.54, 1.807) is 0 Å². The number of unbranched alkanes of at least 4 members (excludes halogenated alkanes) is 30. The van der Waals surface area contributed by atoms with Crippen LogP contribution in [0.25, 0.3) is 0 Å². The van der Waals surface area contributed by atoms with Crippen LogP contribution in [-0.4, -0.2) is 37.2 Å². The first-order valence-electron chi connectivity index (χ1n) is 22.5. The molecular weight excluding hydrogens is 636 g/mol. The van der Waals surface area contributed by atoms with E-state index >= 15 is 0 Å². The van der Waals surface area contributed by atoms with Crippen LogP contribution in [-0.2, 0) is 28.6 Å². The number of ether oxygens (including phenoxy) is 3. The minimum absolute atomic E-state index is 0.0643. The molecule has 51 heavy (non-hydrogen) atoms. The Hall–Kier alpha value is -1.59. The average Bonchev–Trinajstić information content (AvgIpc) is 3.12. The first kappa shape index (κ1) is 49.4. The summed E-state index contributed by atoms with van der Waals surface area (Å²) in [5.41, 5.74) is 0. The minimum atomic E-state index is -0.756. The fourth-order valence-electron chi connectivity index (χ4n) is 6.68. The van der Waals surface area contributed by atoms with Crippen LogP contribution >= 0.6 is 0 Å². The largest absolute Gasteiger partial charge is 0.462 e. The summed E-state index contributed by atoms with van der Waals surface area (Å²) < 4.78 is 16.6. The highest BCUT2D eigenvalue weighted by Crippen LogP contribution is 2.16. The lowest BCUT2D eigenvalue weighted by atomic mass is 10.0. The van der Waals surface area contributed by atoms with E-state index in [1.165, 1.54) is 148 Å². The van der Waals surface area contributed by atoms with E-state index < -0.39 is 6.10 Å². The molecule has 0 aromatic heterocycles. The Morgan fingerprint density at radius 3 is 0.784 bits per heavy atom. The lowest BCUT2D eigenvalue weighted by molar-refractivity contribution is -0.167. The highest BCUT2D eigenvalue weighted by molar-refractivity contribution is 5.71. The van der Waals surface area contributed by atoms with Crippen LogP contribution in [0, 0.1) is 0 Å². The summed E-state index contributed by atoms with van der Waals surface area (Å²) in [4.78, 5) is 37.4. The van der Waals surface area contributed by atoms with Crippen LogP contribution in [0.15, 0.2) is 0 Å². The number of rotatable bonds is 41. The molecule has 0 radical (unpaired) electrons. The van der Waals surface area contributed by atoms with Gasteiger partial charge in [0.25, 0.3) is 0 Å². The molecule has 0 aliphatic heterocycles. The number of hydrogen-bond acceptors (Lipinski definition) is 6. The zero-order chi connectivity index (χ0) is 37.3. The zero-order valence-corrected chi connectivity index (χ0v) is 34.4. The number of hydrogen-bond donors (Lipinski definition) is 0. The van der Waals surface area contributed by atoms with Gasteiger partial charge in [-0.25, -0.2) is 0 Å². The van der Waals surface area contributed by atoms with Gasteiger partial charge in [0.05, 0.1) is 0 Å². The average molecular weight is 723 g/mol. The monoisotopic (exact) mass is 723 g/mol. The highest BCUT2D eigenvalue weighted by Gasteiger charge is 2.19. The van der Waals surface area contributed by atoms with Gasteiger partial charge in [0.1, 0.15) is 13.2 Å². The molecule has 0 N–H and O–H groups in total. The standard InChI is InChI=1S/C45H86O6/c1-4-7-10-13-15-17-19-21-22-23-24-26-28-30-33-35-38-44(47)50-41-42(51-45(48)39-36-31-12-9-6-3)40-49-43(46)37-34-32-29-27-25-20-18-16-14-11-8-5-2/h42H,4-41H2,1-3H3/t42-/m0/s1.